The average Bonchev–Trinajstić information content (AvgIpc) is 3.14. The van der Waals surface area contributed by atoms with E-state index in [-0.39, 0.29) is 44.7 Å². The van der Waals surface area contributed by atoms with Gasteiger partial charge in [0.1, 0.15) is 5.71 Å². The smallest absolute Gasteiger partial charge is 0.281 e. The standard InChI is InChI=1S/C23H26ClN4O.Y/c1-16-8-4-5-9-19(16)22-15-20(23(29)26-27-12-6-3-7-13-27)25-28(22)21-11-10-18(24)14-17(21)2;/h5,8-11,14,22H,3,6-7,12-13,15H2,1-2H3,(H,26,29);/q-1;. The molecule has 2 aromatic rings. The van der Waals surface area contributed by atoms with E-state index in [4.69, 9.17) is 16.7 Å². The van der Waals surface area contributed by atoms with Crippen molar-refractivity contribution < 1.29 is 37.5 Å². The van der Waals surface area contributed by atoms with E-state index < -0.39 is 0 Å². The van der Waals surface area contributed by atoms with Crippen LogP contribution in [0.3, 0.4) is 0 Å². The summed E-state index contributed by atoms with van der Waals surface area (Å²) in [4.78, 5) is 13.0. The molecule has 0 saturated carbocycles. The number of nitrogens with one attached hydrogen (secondary N) is 1. The Balaban J connectivity index is 0.00000256. The van der Waals surface area contributed by atoms with Gasteiger partial charge in [0.25, 0.3) is 5.91 Å². The van der Waals surface area contributed by atoms with Crippen LogP contribution in [0.15, 0.2) is 41.5 Å². The third kappa shape index (κ3) is 5.13. The second kappa shape index (κ2) is 10.4. The molecule has 1 radical (unpaired) electrons. The summed E-state index contributed by atoms with van der Waals surface area (Å²) in [6.45, 7) is 5.89. The van der Waals surface area contributed by atoms with Crippen molar-refractivity contribution in [3.05, 3.63) is 64.2 Å². The Kier molecular flexibility index (Phi) is 8.08. The van der Waals surface area contributed by atoms with Gasteiger partial charge in [-0.25, -0.2) is 5.01 Å². The Morgan fingerprint density at radius 1 is 1.17 bits per heavy atom. The van der Waals surface area contributed by atoms with E-state index in [1.807, 2.05) is 47.3 Å². The molecule has 4 rings (SSSR count). The van der Waals surface area contributed by atoms with Gasteiger partial charge >= 0.3 is 0 Å². The van der Waals surface area contributed by atoms with Crippen LogP contribution in [0.2, 0.25) is 5.02 Å². The third-order valence-corrected chi connectivity index (χ3v) is 5.90. The Morgan fingerprint density at radius 3 is 2.63 bits per heavy atom. The number of hydrazone groups is 1. The zero-order chi connectivity index (χ0) is 20.4. The van der Waals surface area contributed by atoms with E-state index in [0.29, 0.717) is 17.2 Å². The molecule has 0 bridgehead atoms. The van der Waals surface area contributed by atoms with Gasteiger partial charge in [0, 0.05) is 57.2 Å². The van der Waals surface area contributed by atoms with Crippen LogP contribution in [0.4, 0.5) is 5.69 Å². The summed E-state index contributed by atoms with van der Waals surface area (Å²) in [5.74, 6) is -0.105. The monoisotopic (exact) mass is 498 g/mol. The molecule has 0 spiro atoms. The predicted molar refractivity (Wildman–Crippen MR) is 117 cm³/mol. The van der Waals surface area contributed by atoms with Gasteiger partial charge in [-0.15, -0.1) is 5.56 Å². The van der Waals surface area contributed by atoms with Gasteiger partial charge in [0.15, 0.2) is 0 Å². The third-order valence-electron chi connectivity index (χ3n) is 5.67. The number of aryl methyl sites for hydroxylation is 2. The largest absolute Gasteiger partial charge is 0.284 e. The summed E-state index contributed by atoms with van der Waals surface area (Å²) < 4.78 is 0. The Morgan fingerprint density at radius 2 is 1.93 bits per heavy atom. The van der Waals surface area contributed by atoms with Crippen LogP contribution in [0.25, 0.3) is 0 Å². The number of hydrogen-bond donors (Lipinski definition) is 1. The number of carbonyl (C=O) groups excluding carboxylic acids is 1. The number of anilines is 1. The number of carbonyl (C=O) groups is 1. The average molecular weight is 499 g/mol. The fourth-order valence-electron chi connectivity index (χ4n) is 4.10. The number of hydrazine groups is 1. The summed E-state index contributed by atoms with van der Waals surface area (Å²) in [6, 6.07) is 14.8. The Hall–Kier alpha value is -1.27. The molecule has 1 unspecified atom stereocenters. The number of piperidine rings is 1. The molecule has 1 atom stereocenters. The van der Waals surface area contributed by atoms with E-state index in [9.17, 15) is 4.79 Å². The van der Waals surface area contributed by atoms with Crippen LogP contribution in [0, 0.1) is 19.9 Å². The first-order chi connectivity index (χ1) is 14.0. The van der Waals surface area contributed by atoms with Gasteiger partial charge < -0.3 is 0 Å². The topological polar surface area (TPSA) is 47.9 Å². The van der Waals surface area contributed by atoms with E-state index in [1.165, 1.54) is 6.42 Å². The number of nitrogens with zero attached hydrogens (tertiary/aromatic N) is 3. The van der Waals surface area contributed by atoms with Crippen molar-refractivity contribution in [3.63, 3.8) is 0 Å². The van der Waals surface area contributed by atoms with Gasteiger partial charge in [-0.05, 0) is 43.5 Å². The van der Waals surface area contributed by atoms with Crippen LogP contribution in [0.5, 0.6) is 0 Å². The minimum absolute atomic E-state index is 0. The molecule has 1 saturated heterocycles. The summed E-state index contributed by atoms with van der Waals surface area (Å²) in [5, 5.41) is 9.45. The summed E-state index contributed by atoms with van der Waals surface area (Å²) in [7, 11) is 0. The van der Waals surface area contributed by atoms with Gasteiger partial charge in [-0.2, -0.15) is 34.9 Å². The summed E-state index contributed by atoms with van der Waals surface area (Å²) in [6.07, 6.45) is 4.02. The molecule has 155 valence electrons. The van der Waals surface area contributed by atoms with Crippen LogP contribution < -0.4 is 10.4 Å². The quantitative estimate of drug-likeness (QED) is 0.628. The van der Waals surface area contributed by atoms with Crippen molar-refractivity contribution in [2.75, 3.05) is 18.1 Å². The molecule has 1 N–H and O–H groups in total. The van der Waals surface area contributed by atoms with Crippen molar-refractivity contribution >= 4 is 28.9 Å². The van der Waals surface area contributed by atoms with Gasteiger partial charge in [-0.1, -0.05) is 24.9 Å². The van der Waals surface area contributed by atoms with E-state index in [0.717, 1.165) is 48.3 Å². The fraction of sp³-hybridized carbons (Fsp3) is 0.391. The number of hydrogen-bond acceptors (Lipinski definition) is 4. The van der Waals surface area contributed by atoms with Crippen molar-refractivity contribution in [2.24, 2.45) is 5.10 Å². The molecule has 1 amide bonds. The SMILES string of the molecule is Cc1c[c-]ccc1C1CC(C(=O)NN2CCCCC2)=NN1c1ccc(Cl)cc1C.[Y]. The van der Waals surface area contributed by atoms with E-state index in [2.05, 4.69) is 24.5 Å². The van der Waals surface area contributed by atoms with Gasteiger partial charge in [0.2, 0.25) is 0 Å². The number of rotatable bonds is 4. The molecule has 5 nitrogen and oxygen atoms in total. The molecular formula is C23H26ClN4OY-. The molecule has 2 heterocycles. The molecule has 2 aliphatic rings. The van der Waals surface area contributed by atoms with Crippen molar-refractivity contribution in [3.8, 4) is 0 Å². The minimum Gasteiger partial charge on any atom is -0.284 e. The number of halogens is 1. The summed E-state index contributed by atoms with van der Waals surface area (Å²) >= 11 is 6.16. The fourth-order valence-corrected chi connectivity index (χ4v) is 4.33. The predicted octanol–water partition coefficient (Wildman–Crippen LogP) is 4.58. The maximum absolute atomic E-state index is 13.0. The molecule has 7 heteroatoms. The molecule has 0 aromatic heterocycles. The van der Waals surface area contributed by atoms with Crippen LogP contribution >= 0.6 is 11.6 Å². The van der Waals surface area contributed by atoms with Crippen molar-refractivity contribution in [1.29, 1.82) is 0 Å². The number of amides is 1. The Labute approximate surface area is 208 Å². The first-order valence-electron chi connectivity index (χ1n) is 10.2. The van der Waals surface area contributed by atoms with Gasteiger partial charge in [0.05, 0.1) is 11.7 Å². The van der Waals surface area contributed by atoms with Crippen LogP contribution in [-0.2, 0) is 37.5 Å². The van der Waals surface area contributed by atoms with E-state index >= 15 is 0 Å². The summed E-state index contributed by atoms with van der Waals surface area (Å²) in [5.41, 5.74) is 7.90. The molecule has 2 aromatic carbocycles. The first-order valence-corrected chi connectivity index (χ1v) is 10.6. The second-order valence-corrected chi connectivity index (χ2v) is 8.25. The molecule has 30 heavy (non-hydrogen) atoms. The van der Waals surface area contributed by atoms with Crippen LogP contribution in [-0.4, -0.2) is 29.7 Å². The normalized spacial score (nSPS) is 19.2. The zero-order valence-corrected chi connectivity index (χ0v) is 21.1. The van der Waals surface area contributed by atoms with Crippen LogP contribution in [0.1, 0.15) is 48.4 Å². The Bertz CT molecular complexity index is 943. The minimum atomic E-state index is -0.105. The zero-order valence-electron chi connectivity index (χ0n) is 17.5. The maximum Gasteiger partial charge on any atom is 0.281 e. The first kappa shape index (κ1) is 23.4. The number of benzene rings is 2. The molecular weight excluding hydrogens is 473 g/mol. The maximum atomic E-state index is 13.0. The second-order valence-electron chi connectivity index (χ2n) is 7.81. The van der Waals surface area contributed by atoms with Gasteiger partial charge in [-0.3, -0.25) is 15.2 Å². The van der Waals surface area contributed by atoms with Crippen molar-refractivity contribution in [1.82, 2.24) is 10.4 Å². The van der Waals surface area contributed by atoms with Crippen molar-refractivity contribution in [2.45, 2.75) is 45.6 Å². The molecule has 2 aliphatic heterocycles. The van der Waals surface area contributed by atoms with E-state index in [1.54, 1.807) is 0 Å². The molecule has 1 fully saturated rings. The molecule has 0 aliphatic carbocycles.